The molecule has 2 amide bonds. The number of likely N-dealkylation sites (N-methyl/N-ethyl adjacent to an activating group) is 1. The lowest BCUT2D eigenvalue weighted by Crippen LogP contribution is -2.77. The highest BCUT2D eigenvalue weighted by molar-refractivity contribution is 5.97. The summed E-state index contributed by atoms with van der Waals surface area (Å²) in [7, 11) is 2.01. The number of aliphatic hydroxyl groups is 1. The topological polar surface area (TPSA) is 168 Å². The van der Waals surface area contributed by atoms with Gasteiger partial charge in [0.15, 0.2) is 0 Å². The average Bonchev–Trinajstić information content (AvgIpc) is 3.07. The van der Waals surface area contributed by atoms with E-state index >= 15 is 0 Å². The molecule has 6 atom stereocenters. The van der Waals surface area contributed by atoms with Crippen molar-refractivity contribution < 1.29 is 29.3 Å². The summed E-state index contributed by atoms with van der Waals surface area (Å²) in [6.07, 6.45) is 1.18. The molecule has 2 bridgehead atoms. The van der Waals surface area contributed by atoms with Gasteiger partial charge in [-0.3, -0.25) is 14.4 Å². The molecule has 7 N–H and O–H groups in total. The van der Waals surface area contributed by atoms with Crippen LogP contribution in [0.4, 0.5) is 0 Å². The number of carbonyl (C=O) groups is 3. The molecule has 10 nitrogen and oxygen atoms in total. The number of primary amides is 1. The molecule has 0 aromatic heterocycles. The first-order valence-corrected chi connectivity index (χ1v) is 10.9. The van der Waals surface area contributed by atoms with E-state index in [9.17, 15) is 19.5 Å². The summed E-state index contributed by atoms with van der Waals surface area (Å²) in [6.45, 7) is 0.733. The fraction of sp³-hybridized carbons (Fsp3) is 0.591. The molecule has 1 aromatic rings. The van der Waals surface area contributed by atoms with E-state index in [-0.39, 0.29) is 18.0 Å². The number of rotatable bonds is 5. The maximum atomic E-state index is 12.6. The predicted molar refractivity (Wildman–Crippen MR) is 112 cm³/mol. The van der Waals surface area contributed by atoms with Crippen molar-refractivity contribution in [2.75, 3.05) is 13.6 Å². The zero-order chi connectivity index (χ0) is 23.0. The third-order valence-corrected chi connectivity index (χ3v) is 8.08. The van der Waals surface area contributed by atoms with Gasteiger partial charge in [0.25, 0.3) is 5.91 Å². The number of likely N-dealkylation sites (tertiary alicyclic amines) is 1. The Balaban J connectivity index is 1.58. The third kappa shape index (κ3) is 2.60. The number of carboxylic acid groups (broad SMARTS) is 1. The molecule has 2 unspecified atom stereocenters. The van der Waals surface area contributed by atoms with Crippen LogP contribution in [-0.2, 0) is 21.4 Å². The van der Waals surface area contributed by atoms with Gasteiger partial charge in [0.1, 0.15) is 17.9 Å². The van der Waals surface area contributed by atoms with Crippen molar-refractivity contribution in [2.24, 2.45) is 11.5 Å². The zero-order valence-electron chi connectivity index (χ0n) is 17.8. The number of nitrogens with one attached hydrogen (secondary N) is 1. The van der Waals surface area contributed by atoms with Crippen molar-refractivity contribution in [3.8, 4) is 5.75 Å². The number of nitrogens with zero attached hydrogens (tertiary/aromatic N) is 1. The molecule has 2 aliphatic heterocycles. The number of aliphatic carboxylic acids is 1. The molecule has 32 heavy (non-hydrogen) atoms. The van der Waals surface area contributed by atoms with Crippen LogP contribution in [0.25, 0.3) is 0 Å². The maximum Gasteiger partial charge on any atom is 0.321 e. The lowest BCUT2D eigenvalue weighted by molar-refractivity contribution is -0.187. The van der Waals surface area contributed by atoms with E-state index in [0.717, 1.165) is 17.7 Å². The smallest absolute Gasteiger partial charge is 0.321 e. The van der Waals surface area contributed by atoms with E-state index in [2.05, 4.69) is 10.2 Å². The summed E-state index contributed by atoms with van der Waals surface area (Å²) < 4.78 is 6.40. The second-order valence-electron chi connectivity index (χ2n) is 9.59. The minimum atomic E-state index is -1.30. The van der Waals surface area contributed by atoms with E-state index in [1.807, 2.05) is 13.1 Å². The molecule has 2 heterocycles. The van der Waals surface area contributed by atoms with E-state index in [4.69, 9.17) is 21.3 Å². The normalized spacial score (nSPS) is 35.4. The molecule has 2 fully saturated rings. The summed E-state index contributed by atoms with van der Waals surface area (Å²) >= 11 is 0. The highest BCUT2D eigenvalue weighted by Crippen LogP contribution is 2.64. The first-order chi connectivity index (χ1) is 15.1. The number of amides is 2. The number of ether oxygens (including phenoxy) is 1. The number of nitrogens with two attached hydrogens (primary N) is 2. The van der Waals surface area contributed by atoms with Gasteiger partial charge in [-0.15, -0.1) is 0 Å². The summed E-state index contributed by atoms with van der Waals surface area (Å²) in [6, 6.07) is 1.69. The van der Waals surface area contributed by atoms with Crippen molar-refractivity contribution in [1.82, 2.24) is 10.2 Å². The van der Waals surface area contributed by atoms with Crippen LogP contribution in [0.3, 0.4) is 0 Å². The fourth-order valence-corrected chi connectivity index (χ4v) is 6.66. The van der Waals surface area contributed by atoms with Crippen molar-refractivity contribution >= 4 is 17.8 Å². The summed E-state index contributed by atoms with van der Waals surface area (Å²) in [5.41, 5.74) is 11.4. The standard InChI is InChI=1S/C22H28N4O6/c1-26-7-6-21-16-10-2-3-11(19(24)28)17(16)32-18(21)13(4-5-22(21,31)14(26)8-10)25-15(27)9-12(23)20(29)30/h2-3,12-14,18,31H,4-9,23H2,1H3,(H2,24,28)(H,25,27)(H,29,30)/t12-,13+,14?,18?,21-,22+/m0/s1. The van der Waals surface area contributed by atoms with Gasteiger partial charge in [-0.05, 0) is 50.9 Å². The van der Waals surface area contributed by atoms with Crippen molar-refractivity contribution in [3.63, 3.8) is 0 Å². The molecule has 2 aliphatic carbocycles. The highest BCUT2D eigenvalue weighted by atomic mass is 16.5. The van der Waals surface area contributed by atoms with Crippen LogP contribution in [0.1, 0.15) is 47.2 Å². The van der Waals surface area contributed by atoms with Crippen LogP contribution in [0.5, 0.6) is 5.75 Å². The number of hydrogen-bond acceptors (Lipinski definition) is 7. The second kappa shape index (κ2) is 6.90. The van der Waals surface area contributed by atoms with Crippen LogP contribution in [-0.4, -0.2) is 76.3 Å². The van der Waals surface area contributed by atoms with E-state index in [1.165, 1.54) is 0 Å². The van der Waals surface area contributed by atoms with E-state index in [0.29, 0.717) is 31.4 Å². The van der Waals surface area contributed by atoms with Crippen LogP contribution < -0.4 is 21.5 Å². The Bertz CT molecular complexity index is 1030. The summed E-state index contributed by atoms with van der Waals surface area (Å²) in [5, 5.41) is 24.1. The molecular formula is C22H28N4O6. The number of hydrogen-bond donors (Lipinski definition) is 5. The predicted octanol–water partition coefficient (Wildman–Crippen LogP) is -1.14. The van der Waals surface area contributed by atoms with Gasteiger partial charge in [-0.1, -0.05) is 6.07 Å². The molecular weight excluding hydrogens is 416 g/mol. The molecule has 1 saturated heterocycles. The Labute approximate surface area is 184 Å². The van der Waals surface area contributed by atoms with Crippen molar-refractivity contribution in [1.29, 1.82) is 0 Å². The van der Waals surface area contributed by atoms with Gasteiger partial charge in [-0.2, -0.15) is 0 Å². The first-order valence-electron chi connectivity index (χ1n) is 10.9. The minimum absolute atomic E-state index is 0.114. The maximum absolute atomic E-state index is 12.6. The SMILES string of the molecule is CN1CC[C@]23c4c5ccc(C(N)=O)c4OC2[C@H](NC(=O)C[C@H](N)C(=O)O)CC[C@@]3(O)C1C5. The fourth-order valence-electron chi connectivity index (χ4n) is 6.66. The van der Waals surface area contributed by atoms with Crippen LogP contribution in [0, 0.1) is 0 Å². The molecule has 1 saturated carbocycles. The molecule has 172 valence electrons. The van der Waals surface area contributed by atoms with Crippen LogP contribution in [0.15, 0.2) is 12.1 Å². The summed E-state index contributed by atoms with van der Waals surface area (Å²) in [5.74, 6) is -1.93. The first kappa shape index (κ1) is 21.2. The molecule has 4 aliphatic rings. The zero-order valence-corrected chi connectivity index (χ0v) is 17.8. The average molecular weight is 444 g/mol. The lowest BCUT2D eigenvalue weighted by Gasteiger charge is -2.63. The number of carbonyl (C=O) groups excluding carboxylic acids is 2. The monoisotopic (exact) mass is 444 g/mol. The number of carboxylic acids is 1. The van der Waals surface area contributed by atoms with Crippen molar-refractivity contribution in [2.45, 2.75) is 67.3 Å². The quantitative estimate of drug-likeness (QED) is 0.379. The largest absolute Gasteiger partial charge is 0.486 e. The number of benzene rings is 1. The van der Waals surface area contributed by atoms with Gasteiger partial charge in [0.05, 0.1) is 29.0 Å². The van der Waals surface area contributed by atoms with E-state index < -0.39 is 47.0 Å². The highest BCUT2D eigenvalue weighted by Gasteiger charge is 2.72. The Kier molecular flexibility index (Phi) is 4.57. The van der Waals surface area contributed by atoms with E-state index in [1.54, 1.807) is 6.07 Å². The minimum Gasteiger partial charge on any atom is -0.486 e. The number of piperidine rings is 1. The molecule has 5 rings (SSSR count). The van der Waals surface area contributed by atoms with Gasteiger partial charge < -0.3 is 36.6 Å². The Morgan fingerprint density at radius 3 is 2.78 bits per heavy atom. The molecule has 1 spiro atoms. The second-order valence-corrected chi connectivity index (χ2v) is 9.59. The van der Waals surface area contributed by atoms with Gasteiger partial charge in [0.2, 0.25) is 5.91 Å². The Morgan fingerprint density at radius 2 is 2.09 bits per heavy atom. The lowest BCUT2D eigenvalue weighted by atomic mass is 9.48. The summed E-state index contributed by atoms with van der Waals surface area (Å²) in [4.78, 5) is 38.0. The Hall–Kier alpha value is -2.69. The Morgan fingerprint density at radius 1 is 1.34 bits per heavy atom. The van der Waals surface area contributed by atoms with Crippen molar-refractivity contribution in [3.05, 3.63) is 28.8 Å². The van der Waals surface area contributed by atoms with Crippen LogP contribution >= 0.6 is 0 Å². The van der Waals surface area contributed by atoms with Gasteiger partial charge >= 0.3 is 5.97 Å². The molecule has 1 aromatic carbocycles. The molecule has 0 radical (unpaired) electrons. The third-order valence-electron chi connectivity index (χ3n) is 8.08. The van der Waals surface area contributed by atoms with Gasteiger partial charge in [-0.25, -0.2) is 0 Å². The van der Waals surface area contributed by atoms with Crippen LogP contribution in [0.2, 0.25) is 0 Å². The van der Waals surface area contributed by atoms with Gasteiger partial charge in [0, 0.05) is 11.6 Å². The molecule has 10 heteroatoms.